The van der Waals surface area contributed by atoms with E-state index in [1.54, 1.807) is 0 Å². The third kappa shape index (κ3) is 3.52. The van der Waals surface area contributed by atoms with Crippen LogP contribution in [0.1, 0.15) is 51.0 Å². The summed E-state index contributed by atoms with van der Waals surface area (Å²) in [5.74, 6) is 0. The summed E-state index contributed by atoms with van der Waals surface area (Å²) in [6, 6.07) is 9.34. The van der Waals surface area contributed by atoms with Crippen molar-refractivity contribution in [3.8, 4) is 0 Å². The number of hydrogen-bond donors (Lipinski definition) is 1. The van der Waals surface area contributed by atoms with Gasteiger partial charge < -0.3 is 5.32 Å². The molecule has 1 aromatic carbocycles. The molecule has 1 aliphatic heterocycles. The van der Waals surface area contributed by atoms with Crippen molar-refractivity contribution in [2.45, 2.75) is 63.6 Å². The van der Waals surface area contributed by atoms with Gasteiger partial charge in [0, 0.05) is 35.7 Å². The minimum atomic E-state index is 0.394. The number of nitrogens with one attached hydrogen (secondary N) is 1. The molecule has 0 radical (unpaired) electrons. The number of hydrogen-bond acceptors (Lipinski definition) is 2. The average Bonchev–Trinajstić information content (AvgIpc) is 2.51. The lowest BCUT2D eigenvalue weighted by Crippen LogP contribution is -2.64. The maximum Gasteiger partial charge on any atom is 0.0309 e. The molecular formula is C18H27BrN2. The molecule has 116 valence electrons. The highest BCUT2D eigenvalue weighted by molar-refractivity contribution is 9.10. The number of benzene rings is 1. The first-order valence-corrected chi connectivity index (χ1v) is 9.24. The lowest BCUT2D eigenvalue weighted by atomic mass is 9.79. The van der Waals surface area contributed by atoms with Crippen LogP contribution >= 0.6 is 15.9 Å². The SMILES string of the molecule is CCC1CNC2(CCCCC2)CN1Cc1ccccc1Br. The summed E-state index contributed by atoms with van der Waals surface area (Å²) in [5, 5.41) is 3.91. The topological polar surface area (TPSA) is 15.3 Å². The Morgan fingerprint density at radius 2 is 2.00 bits per heavy atom. The van der Waals surface area contributed by atoms with Crippen molar-refractivity contribution >= 4 is 15.9 Å². The second-order valence-electron chi connectivity index (χ2n) is 6.78. The van der Waals surface area contributed by atoms with Gasteiger partial charge in [-0.2, -0.15) is 0 Å². The van der Waals surface area contributed by atoms with E-state index in [2.05, 4.69) is 57.3 Å². The largest absolute Gasteiger partial charge is 0.308 e. The number of halogens is 1. The monoisotopic (exact) mass is 350 g/mol. The van der Waals surface area contributed by atoms with Gasteiger partial charge in [0.05, 0.1) is 0 Å². The minimum absolute atomic E-state index is 0.394. The summed E-state index contributed by atoms with van der Waals surface area (Å²) in [6.45, 7) is 5.76. The number of rotatable bonds is 3. The zero-order valence-electron chi connectivity index (χ0n) is 13.1. The van der Waals surface area contributed by atoms with Crippen LogP contribution in [0.4, 0.5) is 0 Å². The molecule has 0 amide bonds. The molecule has 1 N–H and O–H groups in total. The maximum atomic E-state index is 3.91. The van der Waals surface area contributed by atoms with Gasteiger partial charge >= 0.3 is 0 Å². The normalized spacial score (nSPS) is 26.1. The maximum absolute atomic E-state index is 3.91. The molecule has 1 unspecified atom stereocenters. The second-order valence-corrected chi connectivity index (χ2v) is 7.63. The predicted octanol–water partition coefficient (Wildman–Crippen LogP) is 4.34. The molecule has 1 aliphatic carbocycles. The van der Waals surface area contributed by atoms with Crippen LogP contribution in [-0.4, -0.2) is 29.6 Å². The van der Waals surface area contributed by atoms with E-state index in [1.165, 1.54) is 55.1 Å². The highest BCUT2D eigenvalue weighted by Crippen LogP contribution is 2.33. The molecule has 21 heavy (non-hydrogen) atoms. The van der Waals surface area contributed by atoms with Crippen molar-refractivity contribution < 1.29 is 0 Å². The third-order valence-electron chi connectivity index (χ3n) is 5.35. The van der Waals surface area contributed by atoms with Crippen LogP contribution in [0.3, 0.4) is 0 Å². The molecule has 1 spiro atoms. The van der Waals surface area contributed by atoms with Gasteiger partial charge in [-0.15, -0.1) is 0 Å². The lowest BCUT2D eigenvalue weighted by Gasteiger charge is -2.49. The molecule has 3 heteroatoms. The van der Waals surface area contributed by atoms with Gasteiger partial charge in [0.2, 0.25) is 0 Å². The molecular weight excluding hydrogens is 324 g/mol. The quantitative estimate of drug-likeness (QED) is 0.872. The van der Waals surface area contributed by atoms with Gasteiger partial charge in [-0.3, -0.25) is 4.90 Å². The Morgan fingerprint density at radius 3 is 2.71 bits per heavy atom. The average molecular weight is 351 g/mol. The number of piperazine rings is 1. The van der Waals surface area contributed by atoms with Gasteiger partial charge in [-0.05, 0) is 30.9 Å². The molecule has 2 aliphatic rings. The van der Waals surface area contributed by atoms with Gasteiger partial charge in [-0.1, -0.05) is 60.3 Å². The lowest BCUT2D eigenvalue weighted by molar-refractivity contribution is 0.0483. The van der Waals surface area contributed by atoms with E-state index in [4.69, 9.17) is 0 Å². The first-order valence-electron chi connectivity index (χ1n) is 8.45. The van der Waals surface area contributed by atoms with Crippen LogP contribution in [-0.2, 0) is 6.54 Å². The van der Waals surface area contributed by atoms with Crippen LogP contribution in [0, 0.1) is 0 Å². The van der Waals surface area contributed by atoms with Crippen molar-refractivity contribution in [1.29, 1.82) is 0 Å². The molecule has 1 heterocycles. The molecule has 1 saturated carbocycles. The van der Waals surface area contributed by atoms with E-state index in [0.29, 0.717) is 11.6 Å². The standard InChI is InChI=1S/C18H27BrN2/c1-2-16-12-20-18(10-6-3-7-11-18)14-21(16)13-15-8-4-5-9-17(15)19/h4-5,8-9,16,20H,2-3,6-7,10-14H2,1H3. The Kier molecular flexibility index (Phi) is 5.03. The van der Waals surface area contributed by atoms with E-state index in [1.807, 2.05) is 0 Å². The van der Waals surface area contributed by atoms with Crippen LogP contribution in [0.2, 0.25) is 0 Å². The van der Waals surface area contributed by atoms with E-state index < -0.39 is 0 Å². The Labute approximate surface area is 137 Å². The van der Waals surface area contributed by atoms with Crippen molar-refractivity contribution in [2.75, 3.05) is 13.1 Å². The highest BCUT2D eigenvalue weighted by Gasteiger charge is 2.39. The second kappa shape index (κ2) is 6.80. The smallest absolute Gasteiger partial charge is 0.0309 e. The summed E-state index contributed by atoms with van der Waals surface area (Å²) in [4.78, 5) is 2.72. The first kappa shape index (κ1) is 15.5. The summed E-state index contributed by atoms with van der Waals surface area (Å²) >= 11 is 3.71. The zero-order valence-corrected chi connectivity index (χ0v) is 14.7. The predicted molar refractivity (Wildman–Crippen MR) is 92.4 cm³/mol. The highest BCUT2D eigenvalue weighted by atomic mass is 79.9. The zero-order chi connectivity index (χ0) is 14.7. The van der Waals surface area contributed by atoms with Crippen molar-refractivity contribution in [1.82, 2.24) is 10.2 Å². The number of nitrogens with zero attached hydrogens (tertiary/aromatic N) is 1. The van der Waals surface area contributed by atoms with Crippen LogP contribution in [0.15, 0.2) is 28.7 Å². The Hall–Kier alpha value is -0.380. The summed E-state index contributed by atoms with van der Waals surface area (Å²) in [6.07, 6.45) is 8.16. The van der Waals surface area contributed by atoms with Gasteiger partial charge in [-0.25, -0.2) is 0 Å². The fourth-order valence-corrected chi connectivity index (χ4v) is 4.44. The summed E-state index contributed by atoms with van der Waals surface area (Å²) < 4.78 is 1.25. The molecule has 1 aromatic rings. The molecule has 2 fully saturated rings. The van der Waals surface area contributed by atoms with Gasteiger partial charge in [0.15, 0.2) is 0 Å². The third-order valence-corrected chi connectivity index (χ3v) is 6.12. The molecule has 2 nitrogen and oxygen atoms in total. The van der Waals surface area contributed by atoms with Gasteiger partial charge in [0.1, 0.15) is 0 Å². The molecule has 0 bridgehead atoms. The molecule has 3 rings (SSSR count). The van der Waals surface area contributed by atoms with E-state index >= 15 is 0 Å². The van der Waals surface area contributed by atoms with E-state index in [9.17, 15) is 0 Å². The van der Waals surface area contributed by atoms with Crippen LogP contribution in [0.25, 0.3) is 0 Å². The summed E-state index contributed by atoms with van der Waals surface area (Å²) in [7, 11) is 0. The summed E-state index contributed by atoms with van der Waals surface area (Å²) in [5.41, 5.74) is 1.81. The molecule has 0 aromatic heterocycles. The van der Waals surface area contributed by atoms with Crippen LogP contribution < -0.4 is 5.32 Å². The Bertz CT molecular complexity index is 468. The van der Waals surface area contributed by atoms with Gasteiger partial charge in [0.25, 0.3) is 0 Å². The molecule has 1 atom stereocenters. The first-order chi connectivity index (χ1) is 10.2. The molecule has 1 saturated heterocycles. The van der Waals surface area contributed by atoms with E-state index in [0.717, 1.165) is 13.1 Å². The van der Waals surface area contributed by atoms with E-state index in [-0.39, 0.29) is 0 Å². The van der Waals surface area contributed by atoms with Crippen LogP contribution in [0.5, 0.6) is 0 Å². The Balaban J connectivity index is 1.75. The minimum Gasteiger partial charge on any atom is -0.308 e. The fraction of sp³-hybridized carbons (Fsp3) is 0.667. The van der Waals surface area contributed by atoms with Crippen molar-refractivity contribution in [2.24, 2.45) is 0 Å². The fourth-order valence-electron chi connectivity index (χ4n) is 4.03. The van der Waals surface area contributed by atoms with Crippen molar-refractivity contribution in [3.63, 3.8) is 0 Å². The van der Waals surface area contributed by atoms with Crippen molar-refractivity contribution in [3.05, 3.63) is 34.3 Å². The Morgan fingerprint density at radius 1 is 1.24 bits per heavy atom.